The summed E-state index contributed by atoms with van der Waals surface area (Å²) in [4.78, 5) is 0. The Hall–Kier alpha value is -0.530. The van der Waals surface area contributed by atoms with Crippen LogP contribution in [0.4, 0.5) is 0 Å². The van der Waals surface area contributed by atoms with Crippen molar-refractivity contribution in [3.8, 4) is 0 Å². The van der Waals surface area contributed by atoms with E-state index < -0.39 is 5.90 Å². The summed E-state index contributed by atoms with van der Waals surface area (Å²) in [6.07, 6.45) is 8.94. The topological polar surface area (TPSA) is 46.9 Å². The highest BCUT2D eigenvalue weighted by atomic mass is 16.3. The number of nitrogens with one attached hydrogen (secondary N) is 1. The fourth-order valence-electron chi connectivity index (χ4n) is 1.24. The van der Waals surface area contributed by atoms with E-state index in [1.54, 1.807) is 0 Å². The SMILES string of the molecule is CCCCCCCCCC(=N)[O-]. The zero-order valence-electron chi connectivity index (χ0n) is 8.07. The fraction of sp³-hybridized carbons (Fsp3) is 0.900. The molecule has 0 atom stereocenters. The van der Waals surface area contributed by atoms with Crippen molar-refractivity contribution in [1.82, 2.24) is 0 Å². The molecule has 0 aliphatic rings. The average molecular weight is 170 g/mol. The number of unbranched alkanes of at least 4 members (excludes halogenated alkanes) is 6. The van der Waals surface area contributed by atoms with Gasteiger partial charge in [-0.2, -0.15) is 0 Å². The lowest BCUT2D eigenvalue weighted by atomic mass is 10.1. The van der Waals surface area contributed by atoms with E-state index in [0.29, 0.717) is 6.42 Å². The molecule has 0 aromatic carbocycles. The van der Waals surface area contributed by atoms with Gasteiger partial charge < -0.3 is 10.5 Å². The van der Waals surface area contributed by atoms with Gasteiger partial charge in [0, 0.05) is 0 Å². The Morgan fingerprint density at radius 2 is 1.50 bits per heavy atom. The summed E-state index contributed by atoms with van der Waals surface area (Å²) in [6.45, 7) is 2.21. The summed E-state index contributed by atoms with van der Waals surface area (Å²) >= 11 is 0. The second-order valence-corrected chi connectivity index (χ2v) is 3.29. The minimum absolute atomic E-state index is 0.413. The summed E-state index contributed by atoms with van der Waals surface area (Å²) < 4.78 is 0. The maximum Gasteiger partial charge on any atom is -0.0254 e. The van der Waals surface area contributed by atoms with Gasteiger partial charge in [0.25, 0.3) is 0 Å². The molecular formula is C10H20NO-. The van der Waals surface area contributed by atoms with E-state index in [4.69, 9.17) is 5.41 Å². The zero-order chi connectivity index (χ0) is 9.23. The molecule has 0 amide bonds. The molecule has 0 aliphatic carbocycles. The summed E-state index contributed by atoms with van der Waals surface area (Å²) in [5.41, 5.74) is 0. The molecular weight excluding hydrogens is 150 g/mol. The van der Waals surface area contributed by atoms with Crippen molar-refractivity contribution in [2.24, 2.45) is 0 Å². The van der Waals surface area contributed by atoms with E-state index in [-0.39, 0.29) is 0 Å². The lowest BCUT2D eigenvalue weighted by molar-refractivity contribution is -0.220. The van der Waals surface area contributed by atoms with E-state index in [0.717, 1.165) is 12.8 Å². The summed E-state index contributed by atoms with van der Waals surface area (Å²) in [5, 5.41) is 16.9. The van der Waals surface area contributed by atoms with Gasteiger partial charge in [0.2, 0.25) is 0 Å². The second-order valence-electron chi connectivity index (χ2n) is 3.29. The van der Waals surface area contributed by atoms with E-state index in [1.807, 2.05) is 0 Å². The molecule has 0 rings (SSSR count). The molecule has 0 spiro atoms. The first-order valence-corrected chi connectivity index (χ1v) is 5.01. The molecule has 0 saturated carbocycles. The van der Waals surface area contributed by atoms with Crippen molar-refractivity contribution < 1.29 is 5.11 Å². The van der Waals surface area contributed by atoms with Crippen molar-refractivity contribution in [2.45, 2.75) is 58.3 Å². The predicted molar refractivity (Wildman–Crippen MR) is 50.3 cm³/mol. The Bertz CT molecular complexity index is 112. The third kappa shape index (κ3) is 9.47. The normalized spacial score (nSPS) is 10.1. The summed E-state index contributed by atoms with van der Waals surface area (Å²) in [5.74, 6) is -0.413. The van der Waals surface area contributed by atoms with E-state index in [9.17, 15) is 5.11 Å². The third-order valence-electron chi connectivity index (χ3n) is 2.01. The van der Waals surface area contributed by atoms with E-state index >= 15 is 0 Å². The highest BCUT2D eigenvalue weighted by molar-refractivity contribution is 5.67. The smallest absolute Gasteiger partial charge is 0.0254 e. The molecule has 0 saturated heterocycles. The van der Waals surface area contributed by atoms with Gasteiger partial charge in [-0.25, -0.2) is 0 Å². The van der Waals surface area contributed by atoms with Crippen LogP contribution < -0.4 is 5.11 Å². The van der Waals surface area contributed by atoms with Crippen molar-refractivity contribution in [3.63, 3.8) is 0 Å². The zero-order valence-corrected chi connectivity index (χ0v) is 8.07. The number of hydrogen-bond donors (Lipinski definition) is 1. The first-order valence-electron chi connectivity index (χ1n) is 5.01. The van der Waals surface area contributed by atoms with Crippen molar-refractivity contribution in [3.05, 3.63) is 0 Å². The van der Waals surface area contributed by atoms with Crippen molar-refractivity contribution in [2.75, 3.05) is 0 Å². The molecule has 72 valence electrons. The minimum atomic E-state index is -0.413. The Morgan fingerprint density at radius 3 is 2.00 bits per heavy atom. The van der Waals surface area contributed by atoms with E-state index in [2.05, 4.69) is 6.92 Å². The van der Waals surface area contributed by atoms with Crippen LogP contribution in [0.1, 0.15) is 58.3 Å². The monoisotopic (exact) mass is 170 g/mol. The van der Waals surface area contributed by atoms with Gasteiger partial charge in [-0.05, 0) is 18.7 Å². The third-order valence-corrected chi connectivity index (χ3v) is 2.01. The Kier molecular flexibility index (Phi) is 8.19. The molecule has 2 heteroatoms. The Morgan fingerprint density at radius 1 is 1.00 bits per heavy atom. The van der Waals surface area contributed by atoms with Gasteiger partial charge in [-0.1, -0.05) is 45.4 Å². The lowest BCUT2D eigenvalue weighted by Crippen LogP contribution is -2.14. The van der Waals surface area contributed by atoms with Crippen molar-refractivity contribution in [1.29, 1.82) is 5.41 Å². The van der Waals surface area contributed by atoms with Crippen LogP contribution in [0.15, 0.2) is 0 Å². The Labute approximate surface area is 75.5 Å². The number of hydrogen-bond acceptors (Lipinski definition) is 2. The highest BCUT2D eigenvalue weighted by Crippen LogP contribution is 2.07. The average Bonchev–Trinajstić information content (AvgIpc) is 2.02. The quantitative estimate of drug-likeness (QED) is 0.339. The first kappa shape index (κ1) is 11.5. The highest BCUT2D eigenvalue weighted by Gasteiger charge is 1.89. The van der Waals surface area contributed by atoms with Gasteiger partial charge in [-0.3, -0.25) is 0 Å². The van der Waals surface area contributed by atoms with Crippen LogP contribution in [0.5, 0.6) is 0 Å². The molecule has 0 aliphatic heterocycles. The van der Waals surface area contributed by atoms with E-state index in [1.165, 1.54) is 32.1 Å². The standard InChI is InChI=1S/C10H21NO/c1-2-3-4-5-6-7-8-9-10(11)12/h2-9H2,1H3,(H2,11,12)/p-1. The minimum Gasteiger partial charge on any atom is -0.862 e. The fourth-order valence-corrected chi connectivity index (χ4v) is 1.24. The largest absolute Gasteiger partial charge is 0.862 e. The predicted octanol–water partition coefficient (Wildman–Crippen LogP) is 2.46. The second kappa shape index (κ2) is 8.57. The van der Waals surface area contributed by atoms with Crippen molar-refractivity contribution >= 4 is 5.90 Å². The molecule has 0 bridgehead atoms. The van der Waals surface area contributed by atoms with Gasteiger partial charge in [0.05, 0.1) is 0 Å². The molecule has 12 heavy (non-hydrogen) atoms. The maximum atomic E-state index is 10.2. The van der Waals surface area contributed by atoms with Crippen LogP contribution in [0.2, 0.25) is 0 Å². The lowest BCUT2D eigenvalue weighted by Gasteiger charge is -2.05. The summed E-state index contributed by atoms with van der Waals surface area (Å²) in [7, 11) is 0. The molecule has 0 aromatic rings. The first-order chi connectivity index (χ1) is 5.77. The van der Waals surface area contributed by atoms with Crippen LogP contribution in [-0.4, -0.2) is 5.90 Å². The maximum absolute atomic E-state index is 10.2. The molecule has 0 unspecified atom stereocenters. The molecule has 0 fully saturated rings. The summed E-state index contributed by atoms with van der Waals surface area (Å²) in [6, 6.07) is 0. The molecule has 0 heterocycles. The van der Waals surface area contributed by atoms with Crippen LogP contribution >= 0.6 is 0 Å². The molecule has 2 nitrogen and oxygen atoms in total. The van der Waals surface area contributed by atoms with Gasteiger partial charge in [0.15, 0.2) is 0 Å². The Balaban J connectivity index is 2.86. The van der Waals surface area contributed by atoms with Crippen LogP contribution in [-0.2, 0) is 0 Å². The molecule has 1 N–H and O–H groups in total. The van der Waals surface area contributed by atoms with Crippen LogP contribution in [0.25, 0.3) is 0 Å². The van der Waals surface area contributed by atoms with Gasteiger partial charge >= 0.3 is 0 Å². The molecule has 0 aromatic heterocycles. The number of rotatable bonds is 8. The van der Waals surface area contributed by atoms with Gasteiger partial charge in [0.1, 0.15) is 0 Å². The van der Waals surface area contributed by atoms with Crippen LogP contribution in [0.3, 0.4) is 0 Å². The van der Waals surface area contributed by atoms with Crippen LogP contribution in [0, 0.1) is 5.41 Å². The molecule has 0 radical (unpaired) electrons. The van der Waals surface area contributed by atoms with Gasteiger partial charge in [-0.15, -0.1) is 0 Å².